The van der Waals surface area contributed by atoms with Gasteiger partial charge >= 0.3 is 0 Å². The second kappa shape index (κ2) is 5.29. The summed E-state index contributed by atoms with van der Waals surface area (Å²) in [6.45, 7) is -0.00267. The van der Waals surface area contributed by atoms with Gasteiger partial charge in [-0.3, -0.25) is 4.79 Å². The molecule has 1 amide bonds. The van der Waals surface area contributed by atoms with Gasteiger partial charge in [0.15, 0.2) is 0 Å². The summed E-state index contributed by atoms with van der Waals surface area (Å²) in [6.07, 6.45) is 1.33. The van der Waals surface area contributed by atoms with Crippen LogP contribution in [0.3, 0.4) is 0 Å². The number of nitrogens with one attached hydrogen (secondary N) is 1. The molecule has 90 valence electrons. The maximum absolute atomic E-state index is 11.6. The van der Waals surface area contributed by atoms with Gasteiger partial charge in [0.2, 0.25) is 5.91 Å². The number of aromatic nitrogens is 3. The number of amides is 1. The first-order valence-corrected chi connectivity index (χ1v) is 5.40. The molecule has 0 atom stereocenters. The molecule has 1 aromatic heterocycles. The first-order chi connectivity index (χ1) is 8.67. The molecule has 0 aliphatic rings. The minimum atomic E-state index is -0.258. The highest BCUT2D eigenvalue weighted by Gasteiger charge is 2.06. The number of anilines is 1. The van der Waals surface area contributed by atoms with Crippen LogP contribution in [0.25, 0.3) is 0 Å². The quantitative estimate of drug-likeness (QED) is 0.906. The van der Waals surface area contributed by atoms with Gasteiger partial charge in [-0.15, -0.1) is 5.10 Å². The van der Waals surface area contributed by atoms with Gasteiger partial charge in [-0.25, -0.2) is 9.67 Å². The fourth-order valence-corrected chi connectivity index (χ4v) is 1.43. The average molecular weight is 262 g/mol. The number of carbonyl (C=O) groups excluding carboxylic acids is 1. The molecule has 0 aliphatic carbocycles. The Labute approximate surface area is 108 Å². The third-order valence-electron chi connectivity index (χ3n) is 2.07. The molecule has 0 unspecified atom stereocenters. The van der Waals surface area contributed by atoms with Crippen LogP contribution in [0.5, 0.6) is 0 Å². The number of hydrogen-bond donors (Lipinski definition) is 1. The second-order valence-electron chi connectivity index (χ2n) is 3.43. The average Bonchev–Trinajstić information content (AvgIpc) is 2.79. The number of halogens is 1. The zero-order valence-electron chi connectivity index (χ0n) is 9.17. The summed E-state index contributed by atoms with van der Waals surface area (Å²) in [5.74, 6) is -0.221. The zero-order chi connectivity index (χ0) is 13.0. The van der Waals surface area contributed by atoms with Crippen molar-refractivity contribution < 1.29 is 4.79 Å². The van der Waals surface area contributed by atoms with E-state index >= 15 is 0 Å². The third-order valence-corrected chi connectivity index (χ3v) is 2.32. The summed E-state index contributed by atoms with van der Waals surface area (Å²) in [6, 6.07) is 8.54. The maximum Gasteiger partial charge on any atom is 0.252 e. The Morgan fingerprint density at radius 3 is 2.78 bits per heavy atom. The predicted octanol–water partition coefficient (Wildman–Crippen LogP) is 1.44. The van der Waals surface area contributed by atoms with Crippen LogP contribution >= 0.6 is 11.6 Å². The van der Waals surface area contributed by atoms with Crippen molar-refractivity contribution in [1.82, 2.24) is 14.8 Å². The number of carbonyl (C=O) groups is 1. The van der Waals surface area contributed by atoms with Crippen molar-refractivity contribution in [3.8, 4) is 6.07 Å². The van der Waals surface area contributed by atoms with E-state index in [4.69, 9.17) is 16.9 Å². The van der Waals surface area contributed by atoms with Crippen molar-refractivity contribution in [3.05, 3.63) is 41.4 Å². The van der Waals surface area contributed by atoms with Gasteiger partial charge in [-0.05, 0) is 24.3 Å². The molecule has 18 heavy (non-hydrogen) atoms. The lowest BCUT2D eigenvalue weighted by Gasteiger charge is -2.04. The Morgan fingerprint density at radius 1 is 1.44 bits per heavy atom. The summed E-state index contributed by atoms with van der Waals surface area (Å²) in [7, 11) is 0. The van der Waals surface area contributed by atoms with E-state index < -0.39 is 0 Å². The normalized spacial score (nSPS) is 9.78. The van der Waals surface area contributed by atoms with Crippen LogP contribution in [0.4, 0.5) is 5.69 Å². The molecule has 0 fully saturated rings. The fourth-order valence-electron chi connectivity index (χ4n) is 1.30. The van der Waals surface area contributed by atoms with E-state index in [9.17, 15) is 4.79 Å². The van der Waals surface area contributed by atoms with Gasteiger partial charge in [-0.2, -0.15) is 5.26 Å². The first kappa shape index (κ1) is 12.1. The van der Waals surface area contributed by atoms with E-state index in [0.29, 0.717) is 10.7 Å². The standard InChI is InChI=1S/C11H8ClN5O/c12-8-1-3-9(4-2-8)15-11(18)6-17-7-14-10(5-13)16-17/h1-4,7H,6H2,(H,15,18). The number of nitrogens with zero attached hydrogens (tertiary/aromatic N) is 4. The van der Waals surface area contributed by atoms with Gasteiger partial charge in [0.25, 0.3) is 5.82 Å². The third kappa shape index (κ3) is 3.06. The van der Waals surface area contributed by atoms with E-state index in [1.54, 1.807) is 30.3 Å². The van der Waals surface area contributed by atoms with Gasteiger partial charge in [-0.1, -0.05) is 11.6 Å². The number of rotatable bonds is 3. The monoisotopic (exact) mass is 261 g/mol. The molecular formula is C11H8ClN5O. The number of nitriles is 1. The van der Waals surface area contributed by atoms with Crippen molar-refractivity contribution in [2.45, 2.75) is 6.54 Å². The number of hydrogen-bond acceptors (Lipinski definition) is 4. The van der Waals surface area contributed by atoms with Crippen LogP contribution in [-0.2, 0) is 11.3 Å². The van der Waals surface area contributed by atoms with Crippen molar-refractivity contribution in [1.29, 1.82) is 5.26 Å². The molecule has 1 N–H and O–H groups in total. The molecule has 0 saturated carbocycles. The van der Waals surface area contributed by atoms with Crippen molar-refractivity contribution in [3.63, 3.8) is 0 Å². The molecular weight excluding hydrogens is 254 g/mol. The lowest BCUT2D eigenvalue weighted by atomic mass is 10.3. The van der Waals surface area contributed by atoms with Crippen LogP contribution < -0.4 is 5.32 Å². The maximum atomic E-state index is 11.6. The Kier molecular flexibility index (Phi) is 3.55. The van der Waals surface area contributed by atoms with Crippen LogP contribution in [0.2, 0.25) is 5.02 Å². The molecule has 7 heteroatoms. The highest BCUT2D eigenvalue weighted by molar-refractivity contribution is 6.30. The molecule has 6 nitrogen and oxygen atoms in total. The van der Waals surface area contributed by atoms with E-state index in [1.165, 1.54) is 11.0 Å². The van der Waals surface area contributed by atoms with Crippen molar-refractivity contribution in [2.75, 3.05) is 5.32 Å². The summed E-state index contributed by atoms with van der Waals surface area (Å²) < 4.78 is 1.30. The Bertz CT molecular complexity index is 599. The van der Waals surface area contributed by atoms with E-state index in [1.807, 2.05) is 0 Å². The molecule has 0 aliphatic heterocycles. The van der Waals surface area contributed by atoms with Gasteiger partial charge in [0.1, 0.15) is 18.9 Å². The molecule has 1 aromatic carbocycles. The summed E-state index contributed by atoms with van der Waals surface area (Å²) >= 11 is 5.73. The first-order valence-electron chi connectivity index (χ1n) is 5.02. The van der Waals surface area contributed by atoms with Gasteiger partial charge < -0.3 is 5.32 Å². The molecule has 2 rings (SSSR count). The largest absolute Gasteiger partial charge is 0.324 e. The van der Waals surface area contributed by atoms with Gasteiger partial charge in [0, 0.05) is 10.7 Å². The second-order valence-corrected chi connectivity index (χ2v) is 3.87. The number of benzene rings is 1. The molecule has 0 spiro atoms. The van der Waals surface area contributed by atoms with Crippen LogP contribution in [0.1, 0.15) is 5.82 Å². The summed E-state index contributed by atoms with van der Waals surface area (Å²) in [5, 5.41) is 15.6. The van der Waals surface area contributed by atoms with E-state index in [0.717, 1.165) is 0 Å². The minimum absolute atomic E-state index is 0.00267. The summed E-state index contributed by atoms with van der Waals surface area (Å²) in [5.41, 5.74) is 0.644. The van der Waals surface area contributed by atoms with Crippen molar-refractivity contribution >= 4 is 23.2 Å². The fraction of sp³-hybridized carbons (Fsp3) is 0.0909. The minimum Gasteiger partial charge on any atom is -0.324 e. The highest BCUT2D eigenvalue weighted by atomic mass is 35.5. The van der Waals surface area contributed by atoms with Crippen molar-refractivity contribution in [2.24, 2.45) is 0 Å². The van der Waals surface area contributed by atoms with Crippen LogP contribution in [0.15, 0.2) is 30.6 Å². The lowest BCUT2D eigenvalue weighted by Crippen LogP contribution is -2.19. The summed E-state index contributed by atoms with van der Waals surface area (Å²) in [4.78, 5) is 15.3. The Morgan fingerprint density at radius 2 is 2.17 bits per heavy atom. The smallest absolute Gasteiger partial charge is 0.252 e. The SMILES string of the molecule is N#Cc1ncn(CC(=O)Nc2ccc(Cl)cc2)n1. The molecule has 1 heterocycles. The Hall–Kier alpha value is -2.39. The highest BCUT2D eigenvalue weighted by Crippen LogP contribution is 2.13. The van der Waals surface area contributed by atoms with E-state index in [2.05, 4.69) is 15.4 Å². The van der Waals surface area contributed by atoms with Gasteiger partial charge in [0.05, 0.1) is 0 Å². The molecule has 2 aromatic rings. The lowest BCUT2D eigenvalue weighted by molar-refractivity contribution is -0.116. The molecule has 0 bridgehead atoms. The van der Waals surface area contributed by atoms with Crippen LogP contribution in [0, 0.1) is 11.3 Å². The topological polar surface area (TPSA) is 83.6 Å². The molecule has 0 radical (unpaired) electrons. The Balaban J connectivity index is 1.96. The van der Waals surface area contributed by atoms with Crippen LogP contribution in [-0.4, -0.2) is 20.7 Å². The molecule has 0 saturated heterocycles. The predicted molar refractivity (Wildman–Crippen MR) is 64.8 cm³/mol. The zero-order valence-corrected chi connectivity index (χ0v) is 9.92. The van der Waals surface area contributed by atoms with E-state index in [-0.39, 0.29) is 18.3 Å².